The number of carbonyl (C=O) groups excluding carboxylic acids is 1. The molecule has 0 radical (unpaired) electrons. The predicted molar refractivity (Wildman–Crippen MR) is 91.2 cm³/mol. The van der Waals surface area contributed by atoms with Gasteiger partial charge in [0.2, 0.25) is 15.8 Å². The average molecular weight is 378 g/mol. The number of carboxylic acids is 1. The Morgan fingerprint density at radius 3 is 2.62 bits per heavy atom. The lowest BCUT2D eigenvalue weighted by Crippen LogP contribution is -2.27. The van der Waals surface area contributed by atoms with Gasteiger partial charge in [0, 0.05) is 12.1 Å². The van der Waals surface area contributed by atoms with E-state index >= 15 is 0 Å². The predicted octanol–water partition coefficient (Wildman–Crippen LogP) is 1.60. The Labute approximate surface area is 150 Å². The summed E-state index contributed by atoms with van der Waals surface area (Å²) >= 11 is 0. The van der Waals surface area contributed by atoms with Gasteiger partial charge >= 0.3 is 5.97 Å². The normalized spacial score (nSPS) is 14.2. The fourth-order valence-electron chi connectivity index (χ4n) is 2.29. The first-order valence-corrected chi connectivity index (χ1v) is 9.53. The highest BCUT2D eigenvalue weighted by Crippen LogP contribution is 2.28. The van der Waals surface area contributed by atoms with E-state index in [4.69, 9.17) is 9.52 Å². The van der Waals surface area contributed by atoms with Gasteiger partial charge in [-0.1, -0.05) is 6.07 Å². The Bertz CT molecular complexity index is 930. The van der Waals surface area contributed by atoms with Gasteiger partial charge in [-0.2, -0.15) is 0 Å². The second-order valence-electron chi connectivity index (χ2n) is 6.08. The maximum atomic E-state index is 12.3. The van der Waals surface area contributed by atoms with Crippen molar-refractivity contribution in [1.29, 1.82) is 0 Å². The van der Waals surface area contributed by atoms with Crippen molar-refractivity contribution in [2.75, 3.05) is 6.54 Å². The maximum absolute atomic E-state index is 12.3. The summed E-state index contributed by atoms with van der Waals surface area (Å²) in [6.45, 7) is 0.395. The van der Waals surface area contributed by atoms with Crippen molar-refractivity contribution in [3.63, 3.8) is 0 Å². The lowest BCUT2D eigenvalue weighted by Gasteiger charge is -2.08. The summed E-state index contributed by atoms with van der Waals surface area (Å²) in [4.78, 5) is 23.0. The monoisotopic (exact) mass is 378 g/mol. The molecule has 1 heterocycles. The molecular weight excluding hydrogens is 360 g/mol. The molecule has 1 aliphatic carbocycles. The molecule has 1 amide bonds. The number of hydrogen-bond acceptors (Lipinski definition) is 5. The van der Waals surface area contributed by atoms with E-state index in [0.717, 1.165) is 12.8 Å². The summed E-state index contributed by atoms with van der Waals surface area (Å²) in [5, 5.41) is 11.4. The molecule has 0 unspecified atom stereocenters. The van der Waals surface area contributed by atoms with Crippen molar-refractivity contribution in [1.82, 2.24) is 10.0 Å². The van der Waals surface area contributed by atoms with Gasteiger partial charge in [0.1, 0.15) is 5.76 Å². The van der Waals surface area contributed by atoms with Crippen molar-refractivity contribution >= 4 is 21.9 Å². The number of furan rings is 1. The largest absolute Gasteiger partial charge is 0.475 e. The number of amides is 1. The summed E-state index contributed by atoms with van der Waals surface area (Å²) in [6, 6.07) is 8.47. The van der Waals surface area contributed by atoms with Gasteiger partial charge in [0.15, 0.2) is 0 Å². The molecule has 3 rings (SSSR count). The first kappa shape index (κ1) is 18.2. The molecule has 0 saturated heterocycles. The van der Waals surface area contributed by atoms with E-state index in [0.29, 0.717) is 12.5 Å². The fourth-order valence-corrected chi connectivity index (χ4v) is 3.46. The van der Waals surface area contributed by atoms with Gasteiger partial charge in [-0.15, -0.1) is 0 Å². The highest BCUT2D eigenvalue weighted by atomic mass is 32.2. The topological polar surface area (TPSA) is 126 Å². The minimum atomic E-state index is -3.66. The lowest BCUT2D eigenvalue weighted by atomic mass is 10.2. The number of carboxylic acid groups (broad SMARTS) is 1. The van der Waals surface area contributed by atoms with E-state index in [1.165, 1.54) is 36.4 Å². The van der Waals surface area contributed by atoms with Gasteiger partial charge in [0.05, 0.1) is 11.4 Å². The van der Waals surface area contributed by atoms with E-state index in [1.54, 1.807) is 0 Å². The lowest BCUT2D eigenvalue weighted by molar-refractivity contribution is 0.0660. The zero-order valence-corrected chi connectivity index (χ0v) is 14.6. The molecule has 0 spiro atoms. The van der Waals surface area contributed by atoms with Gasteiger partial charge < -0.3 is 14.8 Å². The van der Waals surface area contributed by atoms with Crippen LogP contribution in [0.4, 0.5) is 0 Å². The maximum Gasteiger partial charge on any atom is 0.371 e. The number of aromatic carboxylic acids is 1. The molecule has 2 aromatic rings. The standard InChI is InChI=1S/C17H18N2O6S/c20-16(18-10-13-6-7-15(25-13)17(21)22)12-2-1-3-14(8-12)26(23,24)19-9-11-4-5-11/h1-3,6-8,11,19H,4-5,9-10H2,(H,18,20)(H,21,22). The van der Waals surface area contributed by atoms with Crippen molar-refractivity contribution in [3.8, 4) is 0 Å². The number of rotatable bonds is 8. The van der Waals surface area contributed by atoms with Crippen LogP contribution in [0.2, 0.25) is 0 Å². The first-order chi connectivity index (χ1) is 12.3. The quantitative estimate of drug-likeness (QED) is 0.640. The van der Waals surface area contributed by atoms with Gasteiger partial charge in [-0.25, -0.2) is 17.9 Å². The van der Waals surface area contributed by atoms with E-state index in [2.05, 4.69) is 10.0 Å². The number of nitrogens with one attached hydrogen (secondary N) is 2. The Kier molecular flexibility index (Phi) is 5.10. The molecule has 0 aliphatic heterocycles. The third kappa shape index (κ3) is 4.50. The van der Waals surface area contributed by atoms with Crippen LogP contribution in [0.15, 0.2) is 45.7 Å². The van der Waals surface area contributed by atoms with Crippen LogP contribution in [0.1, 0.15) is 39.5 Å². The number of carbonyl (C=O) groups is 2. The number of hydrogen-bond donors (Lipinski definition) is 3. The van der Waals surface area contributed by atoms with Crippen LogP contribution in [0.3, 0.4) is 0 Å². The van der Waals surface area contributed by atoms with Crippen LogP contribution < -0.4 is 10.0 Å². The summed E-state index contributed by atoms with van der Waals surface area (Å²) in [5.74, 6) is -1.22. The van der Waals surface area contributed by atoms with E-state index < -0.39 is 21.9 Å². The molecule has 1 saturated carbocycles. The molecule has 26 heavy (non-hydrogen) atoms. The Hall–Kier alpha value is -2.65. The average Bonchev–Trinajstić information content (AvgIpc) is 3.33. The van der Waals surface area contributed by atoms with Gasteiger partial charge in [-0.3, -0.25) is 4.79 Å². The molecule has 1 fully saturated rings. The molecule has 0 bridgehead atoms. The van der Waals surface area contributed by atoms with Crippen LogP contribution >= 0.6 is 0 Å². The third-order valence-electron chi connectivity index (χ3n) is 3.96. The van der Waals surface area contributed by atoms with Crippen LogP contribution in [0.5, 0.6) is 0 Å². The van der Waals surface area contributed by atoms with Crippen LogP contribution in [0, 0.1) is 5.92 Å². The highest BCUT2D eigenvalue weighted by Gasteiger charge is 2.24. The molecule has 9 heteroatoms. The van der Waals surface area contributed by atoms with Crippen molar-refractivity contribution in [2.24, 2.45) is 5.92 Å². The molecule has 8 nitrogen and oxygen atoms in total. The van der Waals surface area contributed by atoms with E-state index in [9.17, 15) is 18.0 Å². The number of sulfonamides is 1. The van der Waals surface area contributed by atoms with Crippen LogP contribution in [-0.2, 0) is 16.6 Å². The third-order valence-corrected chi connectivity index (χ3v) is 5.38. The Balaban J connectivity index is 1.64. The second-order valence-corrected chi connectivity index (χ2v) is 7.84. The highest BCUT2D eigenvalue weighted by molar-refractivity contribution is 7.89. The van der Waals surface area contributed by atoms with Crippen molar-refractivity contribution in [2.45, 2.75) is 24.3 Å². The summed E-state index contributed by atoms with van der Waals surface area (Å²) in [5.41, 5.74) is 0.185. The molecule has 3 N–H and O–H groups in total. The first-order valence-electron chi connectivity index (χ1n) is 8.05. The van der Waals surface area contributed by atoms with Gasteiger partial charge in [0.25, 0.3) is 5.91 Å². The fraction of sp³-hybridized carbons (Fsp3) is 0.294. The second kappa shape index (κ2) is 7.30. The molecular formula is C17H18N2O6S. The summed E-state index contributed by atoms with van der Waals surface area (Å²) in [7, 11) is -3.66. The molecule has 138 valence electrons. The van der Waals surface area contributed by atoms with Gasteiger partial charge in [-0.05, 0) is 49.1 Å². The Morgan fingerprint density at radius 1 is 1.19 bits per heavy atom. The molecule has 1 aromatic heterocycles. The minimum absolute atomic E-state index is 0.0109. The van der Waals surface area contributed by atoms with E-state index in [1.807, 2.05) is 0 Å². The summed E-state index contributed by atoms with van der Waals surface area (Å²) in [6.07, 6.45) is 2.06. The van der Waals surface area contributed by atoms with Crippen molar-refractivity contribution < 1.29 is 27.5 Å². The zero-order valence-electron chi connectivity index (χ0n) is 13.8. The Morgan fingerprint density at radius 2 is 1.96 bits per heavy atom. The summed E-state index contributed by atoms with van der Waals surface area (Å²) < 4.78 is 32.1. The zero-order chi connectivity index (χ0) is 18.7. The molecule has 1 aliphatic rings. The van der Waals surface area contributed by atoms with Crippen LogP contribution in [-0.4, -0.2) is 31.9 Å². The molecule has 1 aromatic carbocycles. The van der Waals surface area contributed by atoms with Crippen LogP contribution in [0.25, 0.3) is 0 Å². The number of benzene rings is 1. The SMILES string of the molecule is O=C(NCc1ccc(C(=O)O)o1)c1cccc(S(=O)(=O)NCC2CC2)c1. The van der Waals surface area contributed by atoms with E-state index in [-0.39, 0.29) is 28.5 Å². The molecule has 0 atom stereocenters. The van der Waals surface area contributed by atoms with Crippen molar-refractivity contribution in [3.05, 3.63) is 53.5 Å². The minimum Gasteiger partial charge on any atom is -0.475 e. The smallest absolute Gasteiger partial charge is 0.371 e.